The second kappa shape index (κ2) is 6.91. The van der Waals surface area contributed by atoms with Crippen LogP contribution >= 0.6 is 11.3 Å². The number of ether oxygens (including phenoxy) is 2. The zero-order valence-electron chi connectivity index (χ0n) is 12.9. The summed E-state index contributed by atoms with van der Waals surface area (Å²) in [5, 5.41) is 3.17. The molecule has 2 N–H and O–H groups in total. The predicted octanol–water partition coefficient (Wildman–Crippen LogP) is 3.87. The van der Waals surface area contributed by atoms with E-state index in [1.807, 2.05) is 30.5 Å². The lowest BCUT2D eigenvalue weighted by Gasteiger charge is -2.13. The van der Waals surface area contributed by atoms with Gasteiger partial charge in [0.15, 0.2) is 11.5 Å². The van der Waals surface area contributed by atoms with Crippen molar-refractivity contribution in [2.24, 2.45) is 5.73 Å². The van der Waals surface area contributed by atoms with E-state index in [4.69, 9.17) is 15.2 Å². The van der Waals surface area contributed by atoms with Crippen molar-refractivity contribution in [2.45, 2.75) is 39.3 Å². The van der Waals surface area contributed by atoms with Crippen LogP contribution in [0.2, 0.25) is 0 Å². The van der Waals surface area contributed by atoms with Gasteiger partial charge in [-0.3, -0.25) is 0 Å². The highest BCUT2D eigenvalue weighted by atomic mass is 32.1. The van der Waals surface area contributed by atoms with Crippen LogP contribution in [0.3, 0.4) is 0 Å². The topological polar surface area (TPSA) is 57.4 Å². The van der Waals surface area contributed by atoms with Gasteiger partial charge in [0.2, 0.25) is 0 Å². The Labute approximate surface area is 129 Å². The molecule has 0 saturated carbocycles. The van der Waals surface area contributed by atoms with Crippen molar-refractivity contribution in [2.75, 3.05) is 7.11 Å². The Hall–Kier alpha value is -1.59. The second-order valence-electron chi connectivity index (χ2n) is 5.32. The zero-order chi connectivity index (χ0) is 15.4. The van der Waals surface area contributed by atoms with Crippen molar-refractivity contribution in [3.63, 3.8) is 0 Å². The van der Waals surface area contributed by atoms with E-state index in [1.165, 1.54) is 0 Å². The lowest BCUT2D eigenvalue weighted by molar-refractivity contribution is 0.281. The van der Waals surface area contributed by atoms with Gasteiger partial charge in [-0.2, -0.15) is 0 Å². The van der Waals surface area contributed by atoms with Crippen LogP contribution in [0.1, 0.15) is 49.0 Å². The van der Waals surface area contributed by atoms with Gasteiger partial charge >= 0.3 is 0 Å². The molecule has 114 valence electrons. The quantitative estimate of drug-likeness (QED) is 0.880. The van der Waals surface area contributed by atoms with Crippen LogP contribution < -0.4 is 15.2 Å². The molecule has 0 amide bonds. The normalized spacial score (nSPS) is 12.5. The first-order chi connectivity index (χ1) is 10.0. The van der Waals surface area contributed by atoms with Gasteiger partial charge in [-0.05, 0) is 24.6 Å². The molecule has 0 aliphatic rings. The molecule has 0 aliphatic heterocycles. The Kier molecular flexibility index (Phi) is 5.20. The largest absolute Gasteiger partial charge is 0.493 e. The van der Waals surface area contributed by atoms with Crippen molar-refractivity contribution < 1.29 is 9.47 Å². The van der Waals surface area contributed by atoms with E-state index in [1.54, 1.807) is 18.4 Å². The zero-order valence-corrected chi connectivity index (χ0v) is 13.7. The van der Waals surface area contributed by atoms with E-state index < -0.39 is 0 Å². The maximum Gasteiger partial charge on any atom is 0.161 e. The minimum atomic E-state index is -0.0277. The van der Waals surface area contributed by atoms with Crippen LogP contribution in [-0.2, 0) is 6.61 Å². The van der Waals surface area contributed by atoms with Crippen LogP contribution in [-0.4, -0.2) is 12.1 Å². The first-order valence-corrected chi connectivity index (χ1v) is 7.89. The van der Waals surface area contributed by atoms with E-state index in [0.29, 0.717) is 24.0 Å². The van der Waals surface area contributed by atoms with E-state index in [-0.39, 0.29) is 6.04 Å². The summed E-state index contributed by atoms with van der Waals surface area (Å²) in [6, 6.07) is 5.75. The van der Waals surface area contributed by atoms with Gasteiger partial charge < -0.3 is 15.2 Å². The van der Waals surface area contributed by atoms with Crippen molar-refractivity contribution in [3.8, 4) is 11.5 Å². The summed E-state index contributed by atoms with van der Waals surface area (Å²) in [7, 11) is 1.63. The average molecular weight is 306 g/mol. The Morgan fingerprint density at radius 1 is 1.24 bits per heavy atom. The molecule has 5 heteroatoms. The molecule has 1 atom stereocenters. The molecule has 0 fully saturated rings. The van der Waals surface area contributed by atoms with Crippen LogP contribution in [0.25, 0.3) is 0 Å². The molecule has 1 heterocycles. The molecule has 0 unspecified atom stereocenters. The number of nitrogens with zero attached hydrogens (tertiary/aromatic N) is 1. The monoisotopic (exact) mass is 306 g/mol. The lowest BCUT2D eigenvalue weighted by atomic mass is 10.1. The van der Waals surface area contributed by atoms with Gasteiger partial charge in [0, 0.05) is 17.3 Å². The molecule has 2 rings (SSSR count). The molecule has 4 nitrogen and oxygen atoms in total. The molecule has 0 spiro atoms. The maximum absolute atomic E-state index is 5.88. The van der Waals surface area contributed by atoms with Crippen LogP contribution in [0.4, 0.5) is 0 Å². The summed E-state index contributed by atoms with van der Waals surface area (Å²) >= 11 is 1.67. The molecular formula is C16H22N2O2S. The lowest BCUT2D eigenvalue weighted by Crippen LogP contribution is -2.06. The summed E-state index contributed by atoms with van der Waals surface area (Å²) in [5.41, 5.74) is 7.85. The average Bonchev–Trinajstić information content (AvgIpc) is 2.93. The first kappa shape index (κ1) is 15.8. The number of aromatic nitrogens is 1. The minimum absolute atomic E-state index is 0.0277. The maximum atomic E-state index is 5.88. The number of thiazole rings is 1. The molecule has 0 aliphatic carbocycles. The third-order valence-corrected chi connectivity index (χ3v) is 4.35. The smallest absolute Gasteiger partial charge is 0.161 e. The summed E-state index contributed by atoms with van der Waals surface area (Å²) < 4.78 is 11.2. The Bertz CT molecular complexity index is 594. The molecule has 2 aromatic rings. The fourth-order valence-electron chi connectivity index (χ4n) is 1.89. The van der Waals surface area contributed by atoms with Crippen molar-refractivity contribution in [3.05, 3.63) is 39.8 Å². The number of methoxy groups -OCH3 is 1. The van der Waals surface area contributed by atoms with Crippen LogP contribution in [0.15, 0.2) is 23.6 Å². The third-order valence-electron chi connectivity index (χ3n) is 3.15. The summed E-state index contributed by atoms with van der Waals surface area (Å²) in [5.74, 6) is 1.86. The van der Waals surface area contributed by atoms with Gasteiger partial charge in [0.1, 0.15) is 6.61 Å². The fraction of sp³-hybridized carbons (Fsp3) is 0.438. The van der Waals surface area contributed by atoms with Crippen LogP contribution in [0.5, 0.6) is 11.5 Å². The van der Waals surface area contributed by atoms with Gasteiger partial charge in [0.25, 0.3) is 0 Å². The molecule has 1 aromatic heterocycles. The van der Waals surface area contributed by atoms with Crippen molar-refractivity contribution in [1.29, 1.82) is 0 Å². The highest BCUT2D eigenvalue weighted by molar-refractivity contribution is 7.09. The summed E-state index contributed by atoms with van der Waals surface area (Å²) in [6.45, 7) is 6.66. The Morgan fingerprint density at radius 2 is 2.00 bits per heavy atom. The summed E-state index contributed by atoms with van der Waals surface area (Å²) in [4.78, 5) is 4.56. The number of benzene rings is 1. The minimum Gasteiger partial charge on any atom is -0.493 e. The highest BCUT2D eigenvalue weighted by Gasteiger charge is 2.10. The number of hydrogen-bond donors (Lipinski definition) is 1. The van der Waals surface area contributed by atoms with Gasteiger partial charge in [-0.15, -0.1) is 11.3 Å². The fourth-order valence-corrected chi connectivity index (χ4v) is 2.71. The highest BCUT2D eigenvalue weighted by Crippen LogP contribution is 2.30. The van der Waals surface area contributed by atoms with Crippen molar-refractivity contribution in [1.82, 2.24) is 4.98 Å². The van der Waals surface area contributed by atoms with Gasteiger partial charge in [-0.1, -0.05) is 19.9 Å². The second-order valence-corrected chi connectivity index (χ2v) is 6.21. The van der Waals surface area contributed by atoms with Gasteiger partial charge in [-0.25, -0.2) is 4.98 Å². The summed E-state index contributed by atoms with van der Waals surface area (Å²) in [6.07, 6.45) is 0. The molecule has 1 aromatic carbocycles. The predicted molar refractivity (Wildman–Crippen MR) is 86.1 cm³/mol. The third kappa shape index (κ3) is 3.95. The van der Waals surface area contributed by atoms with Gasteiger partial charge in [0.05, 0.1) is 17.8 Å². The number of rotatable bonds is 6. The standard InChI is InChI=1S/C16H22N2O2S/c1-10(2)16-18-13(9-21-16)8-20-14-6-5-12(11(3)17)7-15(14)19-4/h5-7,9-11H,8,17H2,1-4H3/t11-/m0/s1. The van der Waals surface area contributed by atoms with Crippen LogP contribution in [0, 0.1) is 0 Å². The SMILES string of the molecule is COc1cc([C@H](C)N)ccc1OCc1csc(C(C)C)n1. The molecular weight excluding hydrogens is 284 g/mol. The Balaban J connectivity index is 2.08. The van der Waals surface area contributed by atoms with Crippen molar-refractivity contribution >= 4 is 11.3 Å². The number of nitrogens with two attached hydrogens (primary N) is 1. The molecule has 0 saturated heterocycles. The molecule has 0 radical (unpaired) electrons. The Morgan fingerprint density at radius 3 is 2.57 bits per heavy atom. The van der Waals surface area contributed by atoms with E-state index in [0.717, 1.165) is 16.3 Å². The van der Waals surface area contributed by atoms with E-state index in [2.05, 4.69) is 18.8 Å². The van der Waals surface area contributed by atoms with E-state index >= 15 is 0 Å². The number of hydrogen-bond acceptors (Lipinski definition) is 5. The molecule has 0 bridgehead atoms. The van der Waals surface area contributed by atoms with E-state index in [9.17, 15) is 0 Å². The molecule has 21 heavy (non-hydrogen) atoms. The first-order valence-electron chi connectivity index (χ1n) is 7.02.